The van der Waals surface area contributed by atoms with Gasteiger partial charge in [-0.3, -0.25) is 0 Å². The summed E-state index contributed by atoms with van der Waals surface area (Å²) < 4.78 is 0. The lowest BCUT2D eigenvalue weighted by Crippen LogP contribution is -2.36. The van der Waals surface area contributed by atoms with Crippen LogP contribution in [-0.2, 0) is 5.41 Å². The first-order chi connectivity index (χ1) is 13.5. The van der Waals surface area contributed by atoms with Gasteiger partial charge in [0.1, 0.15) is 17.2 Å². The minimum Gasteiger partial charge on any atom is -0.508 e. The lowest BCUT2D eigenvalue weighted by molar-refractivity contribution is 0.241. The van der Waals surface area contributed by atoms with Gasteiger partial charge in [0.25, 0.3) is 0 Å². The van der Waals surface area contributed by atoms with Crippen molar-refractivity contribution in [1.29, 1.82) is 0 Å². The standard InChI is InChI=1S/C25H26O3/c1-17-14-15-25(19-4-10-22(27)11-5-19,20-6-12-23(28)13-7-20)16-24(17)18-2-8-21(26)9-3-18/h2-13,17,24,26-28H,14-16H2,1H3. The minimum atomic E-state index is -0.184. The summed E-state index contributed by atoms with van der Waals surface area (Å²) in [6.45, 7) is 2.30. The first-order valence-electron chi connectivity index (χ1n) is 9.86. The molecule has 3 nitrogen and oxygen atoms in total. The predicted molar refractivity (Wildman–Crippen MR) is 111 cm³/mol. The van der Waals surface area contributed by atoms with Gasteiger partial charge in [-0.25, -0.2) is 0 Å². The van der Waals surface area contributed by atoms with E-state index in [0.29, 0.717) is 11.8 Å². The molecule has 0 saturated heterocycles. The summed E-state index contributed by atoms with van der Waals surface area (Å²) in [5, 5.41) is 29.3. The largest absolute Gasteiger partial charge is 0.508 e. The van der Waals surface area contributed by atoms with Crippen molar-refractivity contribution in [2.24, 2.45) is 5.92 Å². The molecule has 28 heavy (non-hydrogen) atoms. The first kappa shape index (κ1) is 18.4. The van der Waals surface area contributed by atoms with Gasteiger partial charge in [-0.15, -0.1) is 0 Å². The Kier molecular flexibility index (Phi) is 4.76. The number of phenolic OH excluding ortho intramolecular Hbond substituents is 3. The van der Waals surface area contributed by atoms with E-state index >= 15 is 0 Å². The van der Waals surface area contributed by atoms with Crippen LogP contribution in [0.2, 0.25) is 0 Å². The Morgan fingerprint density at radius 1 is 0.679 bits per heavy atom. The number of rotatable bonds is 3. The van der Waals surface area contributed by atoms with E-state index in [2.05, 4.69) is 6.92 Å². The average molecular weight is 374 g/mol. The van der Waals surface area contributed by atoms with Gasteiger partial charge in [-0.05, 0) is 84.2 Å². The summed E-state index contributed by atoms with van der Waals surface area (Å²) in [7, 11) is 0. The normalized spacial score (nSPS) is 21.3. The molecule has 2 unspecified atom stereocenters. The molecule has 0 amide bonds. The van der Waals surface area contributed by atoms with Gasteiger partial charge >= 0.3 is 0 Å². The van der Waals surface area contributed by atoms with Crippen molar-refractivity contribution in [2.75, 3.05) is 0 Å². The Hall–Kier alpha value is -2.94. The zero-order chi connectivity index (χ0) is 19.7. The number of aromatic hydroxyl groups is 3. The molecule has 1 fully saturated rings. The van der Waals surface area contributed by atoms with Crippen molar-refractivity contribution in [3.05, 3.63) is 89.5 Å². The van der Waals surface area contributed by atoms with Crippen molar-refractivity contribution in [2.45, 2.75) is 37.5 Å². The van der Waals surface area contributed by atoms with Gasteiger partial charge in [0.05, 0.1) is 0 Å². The van der Waals surface area contributed by atoms with E-state index in [-0.39, 0.29) is 22.7 Å². The predicted octanol–water partition coefficient (Wildman–Crippen LogP) is 5.69. The zero-order valence-corrected chi connectivity index (χ0v) is 16.0. The molecule has 1 aliphatic carbocycles. The van der Waals surface area contributed by atoms with E-state index in [0.717, 1.165) is 19.3 Å². The SMILES string of the molecule is CC1CCC(c2ccc(O)cc2)(c2ccc(O)cc2)CC1c1ccc(O)cc1. The van der Waals surface area contributed by atoms with Crippen LogP contribution in [0.15, 0.2) is 72.8 Å². The third-order valence-electron chi connectivity index (χ3n) is 6.44. The molecule has 2 atom stereocenters. The van der Waals surface area contributed by atoms with E-state index in [1.54, 1.807) is 36.4 Å². The van der Waals surface area contributed by atoms with Crippen molar-refractivity contribution in [1.82, 2.24) is 0 Å². The lowest BCUT2D eigenvalue weighted by atomic mass is 9.58. The van der Waals surface area contributed by atoms with Gasteiger partial charge in [0.2, 0.25) is 0 Å². The number of phenols is 3. The molecule has 0 aliphatic heterocycles. The highest BCUT2D eigenvalue weighted by Crippen LogP contribution is 2.52. The van der Waals surface area contributed by atoms with Gasteiger partial charge in [0, 0.05) is 5.41 Å². The van der Waals surface area contributed by atoms with Crippen molar-refractivity contribution in [3.8, 4) is 17.2 Å². The van der Waals surface area contributed by atoms with Gasteiger partial charge < -0.3 is 15.3 Å². The van der Waals surface area contributed by atoms with Gasteiger partial charge in [-0.1, -0.05) is 43.3 Å². The molecule has 1 aliphatic rings. The fourth-order valence-corrected chi connectivity index (χ4v) is 4.77. The van der Waals surface area contributed by atoms with Crippen LogP contribution in [0, 0.1) is 5.92 Å². The smallest absolute Gasteiger partial charge is 0.115 e. The Labute approximate surface area is 165 Å². The fourth-order valence-electron chi connectivity index (χ4n) is 4.77. The molecule has 3 heteroatoms. The third kappa shape index (κ3) is 3.33. The minimum absolute atomic E-state index is 0.184. The molecule has 0 bridgehead atoms. The van der Waals surface area contributed by atoms with Crippen LogP contribution in [0.5, 0.6) is 17.2 Å². The van der Waals surface area contributed by atoms with Gasteiger partial charge in [-0.2, -0.15) is 0 Å². The van der Waals surface area contributed by atoms with Crippen molar-refractivity contribution in [3.63, 3.8) is 0 Å². The molecule has 3 N–H and O–H groups in total. The van der Waals surface area contributed by atoms with E-state index in [4.69, 9.17) is 0 Å². The molecule has 0 radical (unpaired) electrons. The first-order valence-corrected chi connectivity index (χ1v) is 9.86. The van der Waals surface area contributed by atoms with Crippen LogP contribution in [0.3, 0.4) is 0 Å². The van der Waals surface area contributed by atoms with E-state index in [1.165, 1.54) is 16.7 Å². The molecule has 144 valence electrons. The molecule has 0 heterocycles. The Morgan fingerprint density at radius 2 is 1.11 bits per heavy atom. The highest BCUT2D eigenvalue weighted by atomic mass is 16.3. The number of hydrogen-bond donors (Lipinski definition) is 3. The summed E-state index contributed by atoms with van der Waals surface area (Å²) in [5.74, 6) is 1.71. The van der Waals surface area contributed by atoms with Crippen LogP contribution in [0.25, 0.3) is 0 Å². The van der Waals surface area contributed by atoms with E-state index in [9.17, 15) is 15.3 Å². The fraction of sp³-hybridized carbons (Fsp3) is 0.280. The van der Waals surface area contributed by atoms with E-state index < -0.39 is 0 Å². The summed E-state index contributed by atoms with van der Waals surface area (Å²) in [4.78, 5) is 0. The zero-order valence-electron chi connectivity index (χ0n) is 16.0. The Balaban J connectivity index is 1.81. The molecule has 0 spiro atoms. The van der Waals surface area contributed by atoms with Crippen LogP contribution >= 0.6 is 0 Å². The molecule has 4 rings (SSSR count). The summed E-state index contributed by atoms with van der Waals surface area (Å²) in [6, 6.07) is 22.7. The molecule has 3 aromatic carbocycles. The number of hydrogen-bond acceptors (Lipinski definition) is 3. The summed E-state index contributed by atoms with van der Waals surface area (Å²) >= 11 is 0. The molecule has 1 saturated carbocycles. The number of benzene rings is 3. The van der Waals surface area contributed by atoms with Crippen LogP contribution in [0.1, 0.15) is 48.8 Å². The maximum absolute atomic E-state index is 9.79. The van der Waals surface area contributed by atoms with Crippen LogP contribution < -0.4 is 0 Å². The van der Waals surface area contributed by atoms with Crippen LogP contribution in [0.4, 0.5) is 0 Å². The quantitative estimate of drug-likeness (QED) is 0.552. The Bertz CT molecular complexity index is 882. The molecule has 0 aromatic heterocycles. The molecular formula is C25H26O3. The molecule has 3 aromatic rings. The molecular weight excluding hydrogens is 348 g/mol. The van der Waals surface area contributed by atoms with Gasteiger partial charge in [0.15, 0.2) is 0 Å². The second-order valence-electron chi connectivity index (χ2n) is 8.09. The lowest BCUT2D eigenvalue weighted by Gasteiger charge is -2.45. The van der Waals surface area contributed by atoms with Crippen molar-refractivity contribution < 1.29 is 15.3 Å². The summed E-state index contributed by atoms with van der Waals surface area (Å²) in [5.41, 5.74) is 3.43. The van der Waals surface area contributed by atoms with Crippen LogP contribution in [-0.4, -0.2) is 15.3 Å². The second-order valence-corrected chi connectivity index (χ2v) is 8.09. The maximum atomic E-state index is 9.79. The Morgan fingerprint density at radius 3 is 1.57 bits per heavy atom. The van der Waals surface area contributed by atoms with Crippen molar-refractivity contribution >= 4 is 0 Å². The summed E-state index contributed by atoms with van der Waals surface area (Å²) in [6.07, 6.45) is 3.03. The maximum Gasteiger partial charge on any atom is 0.115 e. The highest BCUT2D eigenvalue weighted by Gasteiger charge is 2.42. The topological polar surface area (TPSA) is 60.7 Å². The third-order valence-corrected chi connectivity index (χ3v) is 6.44. The average Bonchev–Trinajstić information content (AvgIpc) is 2.71. The van der Waals surface area contributed by atoms with E-state index in [1.807, 2.05) is 36.4 Å². The second kappa shape index (κ2) is 7.23. The monoisotopic (exact) mass is 374 g/mol. The highest BCUT2D eigenvalue weighted by molar-refractivity contribution is 5.45.